The summed E-state index contributed by atoms with van der Waals surface area (Å²) in [7, 11) is 0. The Morgan fingerprint density at radius 3 is 1.65 bits per heavy atom. The molecule has 264 valence electrons. The third-order valence-corrected chi connectivity index (χ3v) is 14.2. The molecule has 2 aliphatic heterocycles. The molecule has 3 aliphatic carbocycles. The molecule has 2 nitrogen and oxygen atoms in total. The van der Waals surface area contributed by atoms with E-state index < -0.39 is 0 Å². The SMILES string of the molecule is C=C1c2cc(C3CCCC(C)CCC3)c3c4c(cc(C)c(c24)C(=C)N1C1CCCC(C(CC)CC)CCC1)C(=C)N(C1CCCCC1)C3=C. The van der Waals surface area contributed by atoms with E-state index in [9.17, 15) is 0 Å². The normalized spacial score (nSPS) is 27.4. The summed E-state index contributed by atoms with van der Waals surface area (Å²) in [6.07, 6.45) is 24.8. The van der Waals surface area contributed by atoms with Crippen LogP contribution >= 0.6 is 0 Å². The maximum Gasteiger partial charge on any atom is 0.0423 e. The molecule has 49 heavy (non-hydrogen) atoms. The summed E-state index contributed by atoms with van der Waals surface area (Å²) in [5.74, 6) is 3.19. The van der Waals surface area contributed by atoms with Gasteiger partial charge in [0.25, 0.3) is 0 Å². The van der Waals surface area contributed by atoms with Gasteiger partial charge < -0.3 is 9.80 Å². The smallest absolute Gasteiger partial charge is 0.0423 e. The highest BCUT2D eigenvalue weighted by Gasteiger charge is 2.40. The standard InChI is InChI=1S/C47H66N2/c1-9-36(10-2)37-20-16-26-40(27-17-21-37)48-33(6)42-29-43(38-22-14-18-30(3)19-15-23-38)45-35(8)49(39-24-12-11-13-25-39)32(5)41-28-31(4)44(34(48)7)46(42)47(41)45/h28-30,36-40H,5-27H2,1-4H3. The van der Waals surface area contributed by atoms with Gasteiger partial charge in [0.05, 0.1) is 0 Å². The van der Waals surface area contributed by atoms with E-state index in [0.717, 1.165) is 17.8 Å². The maximum absolute atomic E-state index is 4.97. The molecule has 0 N–H and O–H groups in total. The van der Waals surface area contributed by atoms with Crippen LogP contribution in [-0.4, -0.2) is 21.9 Å². The van der Waals surface area contributed by atoms with Crippen LogP contribution in [0.25, 0.3) is 33.6 Å². The minimum Gasteiger partial charge on any atom is -0.338 e. The van der Waals surface area contributed by atoms with Crippen LogP contribution in [-0.2, 0) is 0 Å². The van der Waals surface area contributed by atoms with Crippen LogP contribution in [0.3, 0.4) is 0 Å². The van der Waals surface area contributed by atoms with E-state index in [2.05, 4.69) is 49.6 Å². The van der Waals surface area contributed by atoms with Gasteiger partial charge in [0.1, 0.15) is 0 Å². The van der Waals surface area contributed by atoms with Gasteiger partial charge in [0, 0.05) is 67.9 Å². The third kappa shape index (κ3) is 6.16. The summed E-state index contributed by atoms with van der Waals surface area (Å²) in [5, 5.41) is 2.78. The lowest BCUT2D eigenvalue weighted by atomic mass is 9.73. The second kappa shape index (κ2) is 14.5. The molecule has 0 atom stereocenters. The van der Waals surface area contributed by atoms with Crippen molar-refractivity contribution >= 4 is 33.6 Å². The van der Waals surface area contributed by atoms with Gasteiger partial charge in [0.2, 0.25) is 0 Å². The van der Waals surface area contributed by atoms with E-state index in [1.54, 1.807) is 5.56 Å². The number of benzene rings is 2. The molecule has 0 amide bonds. The van der Waals surface area contributed by atoms with E-state index in [1.165, 1.54) is 183 Å². The van der Waals surface area contributed by atoms with E-state index in [4.69, 9.17) is 26.3 Å². The van der Waals surface area contributed by atoms with E-state index in [0.29, 0.717) is 18.0 Å². The van der Waals surface area contributed by atoms with Gasteiger partial charge in [-0.25, -0.2) is 0 Å². The van der Waals surface area contributed by atoms with Gasteiger partial charge in [-0.15, -0.1) is 0 Å². The summed E-state index contributed by atoms with van der Waals surface area (Å²) in [5.41, 5.74) is 13.1. The molecule has 0 radical (unpaired) electrons. The van der Waals surface area contributed by atoms with Gasteiger partial charge >= 0.3 is 0 Å². The van der Waals surface area contributed by atoms with E-state index in [-0.39, 0.29) is 0 Å². The molecule has 0 spiro atoms. The lowest BCUT2D eigenvalue weighted by Gasteiger charge is -2.46. The number of hydrogen-bond acceptors (Lipinski definition) is 2. The largest absolute Gasteiger partial charge is 0.338 e. The molecule has 2 heteroatoms. The predicted octanol–water partition coefficient (Wildman–Crippen LogP) is 13.8. The van der Waals surface area contributed by atoms with Crippen molar-refractivity contribution in [3.8, 4) is 0 Å². The lowest BCUT2D eigenvalue weighted by molar-refractivity contribution is 0.221. The van der Waals surface area contributed by atoms with Crippen molar-refractivity contribution in [2.24, 2.45) is 17.8 Å². The van der Waals surface area contributed by atoms with E-state index in [1.807, 2.05) is 0 Å². The van der Waals surface area contributed by atoms with Crippen LogP contribution in [0.15, 0.2) is 38.4 Å². The monoisotopic (exact) mass is 659 g/mol. The highest BCUT2D eigenvalue weighted by molar-refractivity contribution is 6.15. The Kier molecular flexibility index (Phi) is 10.3. The first-order valence-corrected chi connectivity index (χ1v) is 20.7. The molecule has 2 heterocycles. The Morgan fingerprint density at radius 2 is 1.08 bits per heavy atom. The summed E-state index contributed by atoms with van der Waals surface area (Å²) in [6, 6.07) is 6.08. The molecule has 0 saturated heterocycles. The zero-order valence-electron chi connectivity index (χ0n) is 31.8. The minimum atomic E-state index is 0.468. The number of rotatable bonds is 6. The quantitative estimate of drug-likeness (QED) is 0.305. The van der Waals surface area contributed by atoms with Crippen molar-refractivity contribution in [2.45, 2.75) is 168 Å². The average molecular weight is 659 g/mol. The van der Waals surface area contributed by atoms with Crippen molar-refractivity contribution in [1.29, 1.82) is 0 Å². The Labute approximate surface area is 299 Å². The average Bonchev–Trinajstić information content (AvgIpc) is 3.07. The fourth-order valence-electron chi connectivity index (χ4n) is 11.5. The zero-order valence-corrected chi connectivity index (χ0v) is 31.8. The Hall–Kier alpha value is -2.74. The first kappa shape index (κ1) is 34.7. The number of hydrogen-bond donors (Lipinski definition) is 0. The van der Waals surface area contributed by atoms with Gasteiger partial charge in [-0.3, -0.25) is 0 Å². The summed E-state index contributed by atoms with van der Waals surface area (Å²) < 4.78 is 0. The van der Waals surface area contributed by atoms with Crippen LogP contribution in [0.1, 0.15) is 182 Å². The molecule has 5 aliphatic rings. The second-order valence-electron chi connectivity index (χ2n) is 17.1. The Morgan fingerprint density at radius 1 is 0.592 bits per heavy atom. The van der Waals surface area contributed by atoms with Crippen molar-refractivity contribution in [3.63, 3.8) is 0 Å². The van der Waals surface area contributed by atoms with Crippen molar-refractivity contribution < 1.29 is 0 Å². The summed E-state index contributed by atoms with van der Waals surface area (Å²) in [6.45, 7) is 29.3. The van der Waals surface area contributed by atoms with Crippen LogP contribution in [0, 0.1) is 24.7 Å². The topological polar surface area (TPSA) is 6.48 Å². The molecule has 3 fully saturated rings. The molecule has 2 aromatic rings. The summed E-state index contributed by atoms with van der Waals surface area (Å²) in [4.78, 5) is 5.21. The van der Waals surface area contributed by atoms with Crippen LogP contribution in [0.4, 0.5) is 0 Å². The third-order valence-electron chi connectivity index (χ3n) is 14.2. The van der Waals surface area contributed by atoms with Crippen molar-refractivity contribution in [3.05, 3.63) is 71.8 Å². The Bertz CT molecular complexity index is 1590. The first-order chi connectivity index (χ1) is 23.7. The van der Waals surface area contributed by atoms with E-state index >= 15 is 0 Å². The fraction of sp³-hybridized carbons (Fsp3) is 0.617. The maximum atomic E-state index is 4.97. The van der Waals surface area contributed by atoms with Gasteiger partial charge in [-0.05, 0) is 92.4 Å². The highest BCUT2D eigenvalue weighted by Crippen LogP contribution is 2.55. The number of aryl methyl sites for hydroxylation is 1. The fourth-order valence-corrected chi connectivity index (χ4v) is 11.5. The second-order valence-corrected chi connectivity index (χ2v) is 17.1. The predicted molar refractivity (Wildman–Crippen MR) is 214 cm³/mol. The van der Waals surface area contributed by atoms with Crippen molar-refractivity contribution in [2.75, 3.05) is 0 Å². The summed E-state index contributed by atoms with van der Waals surface area (Å²) >= 11 is 0. The zero-order chi connectivity index (χ0) is 34.4. The molecule has 7 rings (SSSR count). The van der Waals surface area contributed by atoms with Gasteiger partial charge in [0.15, 0.2) is 0 Å². The molecular formula is C47H66N2. The number of nitrogens with zero attached hydrogens (tertiary/aromatic N) is 2. The molecule has 0 bridgehead atoms. The Balaban J connectivity index is 1.34. The van der Waals surface area contributed by atoms with Crippen LogP contribution in [0.2, 0.25) is 0 Å². The van der Waals surface area contributed by atoms with Crippen molar-refractivity contribution in [1.82, 2.24) is 9.80 Å². The van der Waals surface area contributed by atoms with Gasteiger partial charge in [-0.1, -0.05) is 131 Å². The molecule has 2 aromatic carbocycles. The van der Waals surface area contributed by atoms with Crippen LogP contribution < -0.4 is 0 Å². The molecule has 3 saturated carbocycles. The molecule has 0 aromatic heterocycles. The molecule has 0 unspecified atom stereocenters. The molecular weight excluding hydrogens is 593 g/mol. The lowest BCUT2D eigenvalue weighted by Crippen LogP contribution is -2.38. The first-order valence-electron chi connectivity index (χ1n) is 20.7. The minimum absolute atomic E-state index is 0.468. The highest BCUT2D eigenvalue weighted by atomic mass is 15.2. The van der Waals surface area contributed by atoms with Crippen LogP contribution in [0.5, 0.6) is 0 Å². The van der Waals surface area contributed by atoms with Gasteiger partial charge in [-0.2, -0.15) is 0 Å².